The molecule has 0 spiro atoms. The maximum absolute atomic E-state index is 6.53. The SMILES string of the molecule is Cn1nc(C(N)C2CC2c2ccccc2)c2ccccc21. The Hall–Kier alpha value is -2.13. The van der Waals surface area contributed by atoms with Crippen LogP contribution in [0.2, 0.25) is 0 Å². The van der Waals surface area contributed by atoms with Crippen LogP contribution in [-0.4, -0.2) is 9.78 Å². The molecule has 2 aromatic carbocycles. The van der Waals surface area contributed by atoms with Crippen LogP contribution in [0.15, 0.2) is 54.6 Å². The van der Waals surface area contributed by atoms with Crippen LogP contribution in [0.3, 0.4) is 0 Å². The van der Waals surface area contributed by atoms with E-state index in [4.69, 9.17) is 5.73 Å². The molecule has 3 nitrogen and oxygen atoms in total. The molecular weight excluding hydrogens is 258 g/mol. The zero-order chi connectivity index (χ0) is 14.4. The molecule has 0 radical (unpaired) electrons. The summed E-state index contributed by atoms with van der Waals surface area (Å²) in [6.07, 6.45) is 1.16. The van der Waals surface area contributed by atoms with Crippen molar-refractivity contribution in [3.63, 3.8) is 0 Å². The molecule has 2 N–H and O–H groups in total. The lowest BCUT2D eigenvalue weighted by Crippen LogP contribution is -2.14. The van der Waals surface area contributed by atoms with Crippen LogP contribution in [0.5, 0.6) is 0 Å². The summed E-state index contributed by atoms with van der Waals surface area (Å²) in [6, 6.07) is 19.0. The monoisotopic (exact) mass is 277 g/mol. The van der Waals surface area contributed by atoms with Gasteiger partial charge in [-0.25, -0.2) is 0 Å². The lowest BCUT2D eigenvalue weighted by atomic mass is 10.0. The molecule has 3 heteroatoms. The Balaban J connectivity index is 1.65. The standard InChI is InChI=1S/C18H19N3/c1-21-16-10-6-5-9-13(16)18(20-21)17(19)15-11-14(15)12-7-3-2-4-8-12/h2-10,14-15,17H,11,19H2,1H3. The van der Waals surface area contributed by atoms with Crippen molar-refractivity contribution >= 4 is 10.9 Å². The second kappa shape index (κ2) is 4.71. The number of rotatable bonds is 3. The van der Waals surface area contributed by atoms with Crippen molar-refractivity contribution in [3.8, 4) is 0 Å². The first-order valence-electron chi connectivity index (χ1n) is 7.48. The van der Waals surface area contributed by atoms with Crippen LogP contribution in [-0.2, 0) is 7.05 Å². The highest BCUT2D eigenvalue weighted by Gasteiger charge is 2.44. The average molecular weight is 277 g/mol. The van der Waals surface area contributed by atoms with Crippen molar-refractivity contribution in [1.82, 2.24) is 9.78 Å². The van der Waals surface area contributed by atoms with E-state index in [1.165, 1.54) is 10.9 Å². The van der Waals surface area contributed by atoms with Gasteiger partial charge in [-0.15, -0.1) is 0 Å². The molecular formula is C18H19N3. The fourth-order valence-electron chi connectivity index (χ4n) is 3.39. The van der Waals surface area contributed by atoms with Crippen LogP contribution in [0.4, 0.5) is 0 Å². The zero-order valence-electron chi connectivity index (χ0n) is 12.1. The van der Waals surface area contributed by atoms with Crippen molar-refractivity contribution in [2.24, 2.45) is 18.7 Å². The van der Waals surface area contributed by atoms with Gasteiger partial charge in [0.25, 0.3) is 0 Å². The summed E-state index contributed by atoms with van der Waals surface area (Å²) in [5.74, 6) is 1.09. The van der Waals surface area contributed by atoms with Gasteiger partial charge in [0.05, 0.1) is 17.3 Å². The molecule has 1 aliphatic rings. The van der Waals surface area contributed by atoms with E-state index in [2.05, 4.69) is 53.6 Å². The maximum Gasteiger partial charge on any atom is 0.0873 e. The second-order valence-corrected chi connectivity index (χ2v) is 5.97. The van der Waals surface area contributed by atoms with Gasteiger partial charge in [0.1, 0.15) is 0 Å². The Labute approximate surface area is 124 Å². The molecule has 1 saturated carbocycles. The molecule has 0 amide bonds. The molecule has 1 aliphatic carbocycles. The van der Waals surface area contributed by atoms with Gasteiger partial charge in [-0.2, -0.15) is 5.10 Å². The van der Waals surface area contributed by atoms with Gasteiger partial charge < -0.3 is 5.73 Å². The normalized spacial score (nSPS) is 22.4. The largest absolute Gasteiger partial charge is 0.322 e. The van der Waals surface area contributed by atoms with E-state index in [0.717, 1.165) is 17.6 Å². The van der Waals surface area contributed by atoms with Gasteiger partial charge in [0.2, 0.25) is 0 Å². The molecule has 3 atom stereocenters. The van der Waals surface area contributed by atoms with Crippen molar-refractivity contribution in [2.75, 3.05) is 0 Å². The number of para-hydroxylation sites is 1. The molecule has 3 aromatic rings. The molecule has 0 bridgehead atoms. The highest BCUT2D eigenvalue weighted by atomic mass is 15.3. The van der Waals surface area contributed by atoms with Crippen LogP contribution >= 0.6 is 0 Å². The Kier molecular flexibility index (Phi) is 2.82. The number of nitrogens with zero attached hydrogens (tertiary/aromatic N) is 2. The third-order valence-electron chi connectivity index (χ3n) is 4.63. The molecule has 0 saturated heterocycles. The smallest absolute Gasteiger partial charge is 0.0873 e. The maximum atomic E-state index is 6.53. The third-order valence-corrected chi connectivity index (χ3v) is 4.63. The summed E-state index contributed by atoms with van der Waals surface area (Å²) < 4.78 is 1.93. The summed E-state index contributed by atoms with van der Waals surface area (Å²) in [7, 11) is 1.99. The minimum atomic E-state index is 0.0151. The van der Waals surface area contributed by atoms with Crippen LogP contribution in [0.25, 0.3) is 10.9 Å². The number of nitrogens with two attached hydrogens (primary N) is 1. The van der Waals surface area contributed by atoms with E-state index in [1.54, 1.807) is 0 Å². The zero-order valence-corrected chi connectivity index (χ0v) is 12.1. The summed E-state index contributed by atoms with van der Waals surface area (Å²) in [4.78, 5) is 0. The average Bonchev–Trinajstić information content (AvgIpc) is 3.27. The lowest BCUT2D eigenvalue weighted by Gasteiger charge is -2.09. The minimum absolute atomic E-state index is 0.0151. The van der Waals surface area contributed by atoms with Crippen molar-refractivity contribution in [2.45, 2.75) is 18.4 Å². The highest BCUT2D eigenvalue weighted by Crippen LogP contribution is 2.53. The minimum Gasteiger partial charge on any atom is -0.322 e. The number of aryl methyl sites for hydroxylation is 1. The van der Waals surface area contributed by atoms with Gasteiger partial charge in [0.15, 0.2) is 0 Å². The van der Waals surface area contributed by atoms with E-state index >= 15 is 0 Å². The molecule has 1 heterocycles. The summed E-state index contributed by atoms with van der Waals surface area (Å²) >= 11 is 0. The van der Waals surface area contributed by atoms with Crippen molar-refractivity contribution < 1.29 is 0 Å². The van der Waals surface area contributed by atoms with Gasteiger partial charge >= 0.3 is 0 Å². The molecule has 3 unspecified atom stereocenters. The van der Waals surface area contributed by atoms with E-state index in [-0.39, 0.29) is 6.04 Å². The molecule has 1 fully saturated rings. The number of hydrogen-bond donors (Lipinski definition) is 1. The summed E-state index contributed by atoms with van der Waals surface area (Å²) in [5, 5.41) is 5.86. The fraction of sp³-hybridized carbons (Fsp3) is 0.278. The van der Waals surface area contributed by atoms with Gasteiger partial charge in [-0.1, -0.05) is 48.5 Å². The molecule has 4 rings (SSSR count). The van der Waals surface area contributed by atoms with Gasteiger partial charge in [0, 0.05) is 12.4 Å². The first-order chi connectivity index (χ1) is 10.3. The first kappa shape index (κ1) is 12.6. The van der Waals surface area contributed by atoms with Crippen molar-refractivity contribution in [3.05, 3.63) is 65.9 Å². The quantitative estimate of drug-likeness (QED) is 0.797. The molecule has 1 aromatic heterocycles. The highest BCUT2D eigenvalue weighted by molar-refractivity contribution is 5.82. The Morgan fingerprint density at radius 1 is 1.10 bits per heavy atom. The lowest BCUT2D eigenvalue weighted by molar-refractivity contribution is 0.587. The van der Waals surface area contributed by atoms with E-state index in [9.17, 15) is 0 Å². The van der Waals surface area contributed by atoms with Gasteiger partial charge in [-0.3, -0.25) is 4.68 Å². The van der Waals surface area contributed by atoms with Crippen LogP contribution < -0.4 is 5.73 Å². The Bertz CT molecular complexity index is 776. The predicted molar refractivity (Wildman–Crippen MR) is 84.9 cm³/mol. The predicted octanol–water partition coefficient (Wildman–Crippen LogP) is 3.38. The van der Waals surface area contributed by atoms with E-state index < -0.39 is 0 Å². The number of hydrogen-bond acceptors (Lipinski definition) is 2. The first-order valence-corrected chi connectivity index (χ1v) is 7.48. The molecule has 106 valence electrons. The third kappa shape index (κ3) is 2.05. The summed E-state index contributed by atoms with van der Waals surface area (Å²) in [5.41, 5.74) is 10.1. The second-order valence-electron chi connectivity index (χ2n) is 5.97. The number of benzene rings is 2. The van der Waals surface area contributed by atoms with Crippen LogP contribution in [0, 0.1) is 5.92 Å². The fourth-order valence-corrected chi connectivity index (χ4v) is 3.39. The van der Waals surface area contributed by atoms with Crippen LogP contribution in [0.1, 0.15) is 29.6 Å². The van der Waals surface area contributed by atoms with Gasteiger partial charge in [-0.05, 0) is 29.9 Å². The molecule has 0 aliphatic heterocycles. The number of aromatic nitrogens is 2. The number of fused-ring (bicyclic) bond motifs is 1. The molecule has 21 heavy (non-hydrogen) atoms. The Morgan fingerprint density at radius 2 is 1.81 bits per heavy atom. The van der Waals surface area contributed by atoms with E-state index in [1.807, 2.05) is 17.8 Å². The van der Waals surface area contributed by atoms with Crippen molar-refractivity contribution in [1.29, 1.82) is 0 Å². The van der Waals surface area contributed by atoms with E-state index in [0.29, 0.717) is 11.8 Å². The summed E-state index contributed by atoms with van der Waals surface area (Å²) in [6.45, 7) is 0. The topological polar surface area (TPSA) is 43.8 Å². The Morgan fingerprint density at radius 3 is 2.62 bits per heavy atom.